The number of carbonyl (C=O) groups is 4. The second-order valence-electron chi connectivity index (χ2n) is 12.5. The summed E-state index contributed by atoms with van der Waals surface area (Å²) in [5.74, 6) is -2.13. The van der Waals surface area contributed by atoms with Crippen molar-refractivity contribution >= 4 is 34.0 Å². The average molecular weight is 618 g/mol. The minimum absolute atomic E-state index is 0.0101. The molecular weight excluding hydrogens is 574 g/mol. The number of rotatable bonds is 6. The van der Waals surface area contributed by atoms with Gasteiger partial charge in [-0.1, -0.05) is 55.3 Å². The van der Waals surface area contributed by atoms with E-state index in [1.807, 2.05) is 18.2 Å². The molecule has 43 heavy (non-hydrogen) atoms. The van der Waals surface area contributed by atoms with Crippen LogP contribution in [0.15, 0.2) is 42.5 Å². The summed E-state index contributed by atoms with van der Waals surface area (Å²) in [6.07, 6.45) is 7.72. The highest BCUT2D eigenvalue weighted by atomic mass is 32.2. The maximum absolute atomic E-state index is 13.7. The summed E-state index contributed by atoms with van der Waals surface area (Å²) >= 11 is 0. The van der Waals surface area contributed by atoms with E-state index in [4.69, 9.17) is 4.74 Å². The molecule has 1 aromatic rings. The Balaban J connectivity index is 1.50. The minimum Gasteiger partial charge on any atom is -0.444 e. The van der Waals surface area contributed by atoms with Crippen LogP contribution in [-0.2, 0) is 35.9 Å². The van der Waals surface area contributed by atoms with Crippen LogP contribution in [0.2, 0.25) is 0 Å². The zero-order chi connectivity index (χ0) is 31.3. The lowest BCUT2D eigenvalue weighted by Gasteiger charge is -2.30. The number of allylic oxidation sites excluding steroid dienone is 1. The van der Waals surface area contributed by atoms with Gasteiger partial charge in [0.1, 0.15) is 23.2 Å². The maximum atomic E-state index is 13.7. The Hall–Kier alpha value is -3.45. The predicted molar refractivity (Wildman–Crippen MR) is 159 cm³/mol. The smallest absolute Gasteiger partial charge is 0.408 e. The lowest BCUT2D eigenvalue weighted by Crippen LogP contribution is -2.59. The van der Waals surface area contributed by atoms with Gasteiger partial charge in [0.25, 0.3) is 5.91 Å². The molecule has 0 bridgehead atoms. The van der Waals surface area contributed by atoms with E-state index < -0.39 is 57.3 Å². The lowest BCUT2D eigenvalue weighted by atomic mass is 10.0. The molecule has 0 spiro atoms. The maximum Gasteiger partial charge on any atom is 0.408 e. The van der Waals surface area contributed by atoms with Crippen LogP contribution in [0.25, 0.3) is 0 Å². The van der Waals surface area contributed by atoms with Crippen LogP contribution in [0.5, 0.6) is 0 Å². The fraction of sp³-hybridized carbons (Fsp3) is 0.600. The zero-order valence-corrected chi connectivity index (χ0v) is 25.9. The molecule has 2 fully saturated rings. The number of hydrogen-bond acceptors (Lipinski definition) is 7. The van der Waals surface area contributed by atoms with Crippen molar-refractivity contribution in [3.8, 4) is 0 Å². The fourth-order valence-corrected chi connectivity index (χ4v) is 6.42. The third-order valence-electron chi connectivity index (χ3n) is 7.86. The van der Waals surface area contributed by atoms with Crippen molar-refractivity contribution in [3.05, 3.63) is 48.0 Å². The highest BCUT2D eigenvalue weighted by Crippen LogP contribution is 2.45. The van der Waals surface area contributed by atoms with Crippen molar-refractivity contribution in [1.29, 1.82) is 0 Å². The van der Waals surface area contributed by atoms with E-state index >= 15 is 0 Å². The first-order valence-electron chi connectivity index (χ1n) is 14.9. The Morgan fingerprint density at radius 1 is 1.07 bits per heavy atom. The van der Waals surface area contributed by atoms with E-state index in [0.717, 1.165) is 18.4 Å². The molecule has 4 atom stereocenters. The van der Waals surface area contributed by atoms with Gasteiger partial charge in [-0.2, -0.15) is 13.1 Å². The van der Waals surface area contributed by atoms with Gasteiger partial charge >= 0.3 is 16.3 Å². The lowest BCUT2D eigenvalue weighted by molar-refractivity contribution is -0.141. The number of carbonyl (C=O) groups excluding carboxylic acids is 4. The molecule has 4 amide bonds. The minimum atomic E-state index is -4.22. The van der Waals surface area contributed by atoms with E-state index in [-0.39, 0.29) is 18.9 Å². The molecule has 2 heterocycles. The monoisotopic (exact) mass is 617 g/mol. The Morgan fingerprint density at radius 3 is 2.53 bits per heavy atom. The van der Waals surface area contributed by atoms with Crippen molar-refractivity contribution in [2.45, 2.75) is 102 Å². The molecule has 0 radical (unpaired) electrons. The molecule has 1 aromatic carbocycles. The summed E-state index contributed by atoms with van der Waals surface area (Å²) in [6, 6.07) is 7.16. The molecule has 12 nitrogen and oxygen atoms in total. The highest BCUT2D eigenvalue weighted by molar-refractivity contribution is 7.88. The standard InChI is InChI=1S/C30H43N5O7S/c1-29(2,3)42-28(39)32-23-16-11-6-4-5-10-15-22-19-30(22,33-25(36)24-17-12-18-35(24)26(23)37)27(38)34-43(40,41)31-20-21-13-8-7-9-14-21/h7-10,13-15,22-24,31H,4-6,11-12,16-20H2,1-3H3,(H,32,39)(H,33,36)(H,34,38)/b15-10-/t22-,23-,24-,30+/m0/s1. The number of nitrogens with one attached hydrogen (secondary N) is 4. The Kier molecular flexibility index (Phi) is 10.2. The van der Waals surface area contributed by atoms with Crippen molar-refractivity contribution in [3.63, 3.8) is 0 Å². The van der Waals surface area contributed by atoms with Gasteiger partial charge in [0.05, 0.1) is 0 Å². The normalized spacial score (nSPS) is 27.4. The SMILES string of the molecule is CC(C)(C)OC(=O)N[C@H]1CCCCC/C=C\[C@H]2C[C@@]2(C(=O)NS(=O)(=O)NCc2ccccc2)NC(=O)[C@@H]2CCCN2C1=O. The van der Waals surface area contributed by atoms with Crippen molar-refractivity contribution < 1.29 is 32.3 Å². The van der Waals surface area contributed by atoms with E-state index in [9.17, 15) is 27.6 Å². The van der Waals surface area contributed by atoms with Gasteiger partial charge in [-0.25, -0.2) is 9.52 Å². The average Bonchev–Trinajstić information content (AvgIpc) is 3.39. The summed E-state index contributed by atoms with van der Waals surface area (Å²) in [5, 5.41) is 5.51. The van der Waals surface area contributed by atoms with Crippen LogP contribution in [0.1, 0.15) is 77.7 Å². The molecule has 13 heteroatoms. The summed E-state index contributed by atoms with van der Waals surface area (Å²) < 4.78 is 35.4. The molecule has 0 aromatic heterocycles. The third-order valence-corrected chi connectivity index (χ3v) is 8.84. The van der Waals surface area contributed by atoms with Crippen molar-refractivity contribution in [1.82, 2.24) is 25.0 Å². The zero-order valence-electron chi connectivity index (χ0n) is 25.1. The van der Waals surface area contributed by atoms with Crippen molar-refractivity contribution in [2.75, 3.05) is 6.54 Å². The largest absolute Gasteiger partial charge is 0.444 e. The molecule has 0 unspecified atom stereocenters. The van der Waals surface area contributed by atoms with Crippen LogP contribution in [-0.4, -0.2) is 66.9 Å². The molecule has 1 saturated heterocycles. The molecule has 1 aliphatic carbocycles. The number of hydrogen-bond donors (Lipinski definition) is 4. The first kappa shape index (κ1) is 32.5. The molecule has 4 N–H and O–H groups in total. The Labute approximate surface area is 253 Å². The second-order valence-corrected chi connectivity index (χ2v) is 14.0. The number of alkyl carbamates (subject to hydrolysis) is 1. The Bertz CT molecular complexity index is 1330. The van der Waals surface area contributed by atoms with Gasteiger partial charge in [0.15, 0.2) is 0 Å². The number of ether oxygens (including phenoxy) is 1. The second kappa shape index (κ2) is 13.5. The topological polar surface area (TPSA) is 163 Å². The summed E-state index contributed by atoms with van der Waals surface area (Å²) in [7, 11) is -4.22. The predicted octanol–water partition coefficient (Wildman–Crippen LogP) is 2.42. The van der Waals surface area contributed by atoms with Crippen molar-refractivity contribution in [2.24, 2.45) is 5.92 Å². The number of nitrogens with zero attached hydrogens (tertiary/aromatic N) is 1. The summed E-state index contributed by atoms with van der Waals surface area (Å²) in [5.41, 5.74) is -1.48. The quantitative estimate of drug-likeness (QED) is 0.356. The number of amides is 4. The molecule has 1 saturated carbocycles. The fourth-order valence-electron chi connectivity index (χ4n) is 5.57. The summed E-state index contributed by atoms with van der Waals surface area (Å²) in [6.45, 7) is 5.52. The highest BCUT2D eigenvalue weighted by Gasteiger charge is 2.61. The third kappa shape index (κ3) is 8.79. The van der Waals surface area contributed by atoms with Crippen LogP contribution in [0.3, 0.4) is 0 Å². The summed E-state index contributed by atoms with van der Waals surface area (Å²) in [4.78, 5) is 54.8. The number of fused-ring (bicyclic) bond motifs is 2. The first-order valence-corrected chi connectivity index (χ1v) is 16.4. The first-order chi connectivity index (χ1) is 20.3. The molecular formula is C30H43N5O7S. The van der Waals surface area contributed by atoms with Gasteiger partial charge in [0.2, 0.25) is 11.8 Å². The molecule has 2 aliphatic heterocycles. The number of benzene rings is 1. The van der Waals surface area contributed by atoms with E-state index in [0.29, 0.717) is 38.6 Å². The molecule has 4 rings (SSSR count). The van der Waals surface area contributed by atoms with E-state index in [2.05, 4.69) is 20.1 Å². The van der Waals surface area contributed by atoms with E-state index in [1.54, 1.807) is 45.0 Å². The van der Waals surface area contributed by atoms with Crippen LogP contribution < -0.4 is 20.1 Å². The van der Waals surface area contributed by atoms with Crippen LogP contribution in [0, 0.1) is 5.92 Å². The Morgan fingerprint density at radius 2 is 1.81 bits per heavy atom. The van der Waals surface area contributed by atoms with Gasteiger partial charge in [-0.3, -0.25) is 14.4 Å². The van der Waals surface area contributed by atoms with Gasteiger partial charge in [-0.05, 0) is 64.9 Å². The molecule has 236 valence electrons. The van der Waals surface area contributed by atoms with Gasteiger partial charge < -0.3 is 20.3 Å². The molecule has 3 aliphatic rings. The van der Waals surface area contributed by atoms with Crippen LogP contribution >= 0.6 is 0 Å². The van der Waals surface area contributed by atoms with Gasteiger partial charge in [-0.15, -0.1) is 0 Å². The van der Waals surface area contributed by atoms with Crippen LogP contribution in [0.4, 0.5) is 4.79 Å². The van der Waals surface area contributed by atoms with Gasteiger partial charge in [0, 0.05) is 19.0 Å². The van der Waals surface area contributed by atoms with E-state index in [1.165, 1.54) is 4.90 Å².